The molecule has 0 bridgehead atoms. The zero-order valence-corrected chi connectivity index (χ0v) is 24.8. The zero-order valence-electron chi connectivity index (χ0n) is 23.3. The largest absolute Gasteiger partial charge is 0.444 e. The van der Waals surface area contributed by atoms with Gasteiger partial charge < -0.3 is 19.6 Å². The Kier molecular flexibility index (Phi) is 9.22. The lowest BCUT2D eigenvalue weighted by Gasteiger charge is -2.26. The molecule has 1 aliphatic heterocycles. The molecule has 1 aromatic heterocycles. The highest BCUT2D eigenvalue weighted by atomic mass is 35.5. The molecule has 2 amide bonds. The molecule has 40 heavy (non-hydrogen) atoms. The normalized spacial score (nSPS) is 15.9. The summed E-state index contributed by atoms with van der Waals surface area (Å²) in [5.41, 5.74) is 3.74. The standard InChI is InChI=1S/C29H34ClN5O4S/c1-18-8-6-9-19(2)25(18)23-15-24(30)32-27(31-23)33-40-22-11-7-10-20(14-22)26(37)34-12-13-35(17-21(36)16-34)28(38)39-29(3,4)5/h6-11,14-15,21,36H,12-13,16-17H2,1-5H3,(H,31,32,33)/t21-/m0/s1. The molecular formula is C29H34ClN5O4S. The minimum absolute atomic E-state index is 0.0994. The number of nitrogens with one attached hydrogen (secondary N) is 1. The van der Waals surface area contributed by atoms with E-state index in [2.05, 4.69) is 14.7 Å². The number of carbonyl (C=O) groups excluding carboxylic acids is 2. The van der Waals surface area contributed by atoms with Gasteiger partial charge in [-0.25, -0.2) is 14.8 Å². The molecule has 2 aromatic carbocycles. The van der Waals surface area contributed by atoms with Crippen LogP contribution >= 0.6 is 23.5 Å². The molecule has 1 saturated heterocycles. The van der Waals surface area contributed by atoms with Gasteiger partial charge in [0.2, 0.25) is 5.95 Å². The second kappa shape index (κ2) is 12.4. The first-order valence-corrected chi connectivity index (χ1v) is 14.2. The number of amides is 2. The maximum atomic E-state index is 13.3. The predicted octanol–water partition coefficient (Wildman–Crippen LogP) is 5.59. The number of aryl methyl sites for hydroxylation is 2. The van der Waals surface area contributed by atoms with Crippen LogP contribution in [0, 0.1) is 13.8 Å². The van der Waals surface area contributed by atoms with E-state index in [1.54, 1.807) is 49.9 Å². The van der Waals surface area contributed by atoms with Crippen LogP contribution in [0.4, 0.5) is 10.7 Å². The molecule has 9 nitrogen and oxygen atoms in total. The lowest BCUT2D eigenvalue weighted by Crippen LogP contribution is -2.41. The third-order valence-corrected chi connectivity index (χ3v) is 7.18. The zero-order chi connectivity index (χ0) is 29.0. The Morgan fingerprint density at radius 3 is 2.38 bits per heavy atom. The van der Waals surface area contributed by atoms with Crippen LogP contribution in [-0.4, -0.2) is 74.8 Å². The van der Waals surface area contributed by atoms with Gasteiger partial charge in [0.05, 0.1) is 18.3 Å². The first-order valence-electron chi connectivity index (χ1n) is 13.0. The van der Waals surface area contributed by atoms with Gasteiger partial charge in [0, 0.05) is 41.7 Å². The highest BCUT2D eigenvalue weighted by Gasteiger charge is 2.30. The third-order valence-electron chi connectivity index (χ3n) is 6.21. The van der Waals surface area contributed by atoms with E-state index in [1.807, 2.05) is 38.1 Å². The molecular weight excluding hydrogens is 550 g/mol. The molecule has 2 N–H and O–H groups in total. The Morgan fingerprint density at radius 2 is 1.68 bits per heavy atom. The summed E-state index contributed by atoms with van der Waals surface area (Å²) in [6.45, 7) is 10.2. The Morgan fingerprint density at radius 1 is 1.02 bits per heavy atom. The van der Waals surface area contributed by atoms with Gasteiger partial charge in [-0.2, -0.15) is 0 Å². The number of ether oxygens (including phenoxy) is 1. The van der Waals surface area contributed by atoms with Crippen molar-refractivity contribution < 1.29 is 19.4 Å². The predicted molar refractivity (Wildman–Crippen MR) is 158 cm³/mol. The fraction of sp³-hybridized carbons (Fsp3) is 0.379. The average molecular weight is 584 g/mol. The van der Waals surface area contributed by atoms with Crippen molar-refractivity contribution in [2.45, 2.75) is 51.2 Å². The summed E-state index contributed by atoms with van der Waals surface area (Å²) in [6.07, 6.45) is -1.39. The SMILES string of the molecule is Cc1cccc(C)c1-c1cc(Cl)nc(NSc2cccc(C(=O)N3CCN(C(=O)OC(C)(C)C)C[C@@H](O)C3)c2)n1. The van der Waals surface area contributed by atoms with Crippen LogP contribution in [0.2, 0.25) is 5.15 Å². The summed E-state index contributed by atoms with van der Waals surface area (Å²) in [7, 11) is 0. The highest BCUT2D eigenvalue weighted by molar-refractivity contribution is 8.00. The maximum absolute atomic E-state index is 13.3. The van der Waals surface area contributed by atoms with Gasteiger partial charge in [-0.05, 0) is 75.9 Å². The minimum Gasteiger partial charge on any atom is -0.444 e. The van der Waals surface area contributed by atoms with Gasteiger partial charge in [-0.1, -0.05) is 35.9 Å². The van der Waals surface area contributed by atoms with Crippen molar-refractivity contribution >= 4 is 41.5 Å². The molecule has 1 fully saturated rings. The van der Waals surface area contributed by atoms with Crippen molar-refractivity contribution in [3.63, 3.8) is 0 Å². The number of hydrogen-bond donors (Lipinski definition) is 2. The molecule has 11 heteroatoms. The number of rotatable bonds is 5. The van der Waals surface area contributed by atoms with Crippen molar-refractivity contribution in [3.8, 4) is 11.3 Å². The van der Waals surface area contributed by atoms with Gasteiger partial charge >= 0.3 is 6.09 Å². The molecule has 0 spiro atoms. The molecule has 0 saturated carbocycles. The highest BCUT2D eigenvalue weighted by Crippen LogP contribution is 2.29. The lowest BCUT2D eigenvalue weighted by atomic mass is 10.00. The van der Waals surface area contributed by atoms with Gasteiger partial charge in [-0.3, -0.25) is 9.52 Å². The van der Waals surface area contributed by atoms with E-state index in [0.29, 0.717) is 16.7 Å². The van der Waals surface area contributed by atoms with Gasteiger partial charge in [-0.15, -0.1) is 0 Å². The van der Waals surface area contributed by atoms with Crippen molar-refractivity contribution in [2.75, 3.05) is 30.9 Å². The number of carbonyl (C=O) groups is 2. The van der Waals surface area contributed by atoms with Crippen molar-refractivity contribution in [3.05, 3.63) is 70.4 Å². The van der Waals surface area contributed by atoms with Crippen molar-refractivity contribution in [1.29, 1.82) is 0 Å². The molecule has 1 atom stereocenters. The van der Waals surface area contributed by atoms with E-state index in [0.717, 1.165) is 27.3 Å². The Bertz CT molecular complexity index is 1380. The molecule has 1 aliphatic rings. The van der Waals surface area contributed by atoms with Gasteiger partial charge in [0.1, 0.15) is 10.8 Å². The summed E-state index contributed by atoms with van der Waals surface area (Å²) < 4.78 is 8.57. The topological polar surface area (TPSA) is 108 Å². The Hall–Kier alpha value is -3.34. The first kappa shape index (κ1) is 29.6. The molecule has 0 aliphatic carbocycles. The summed E-state index contributed by atoms with van der Waals surface area (Å²) >= 11 is 7.59. The molecule has 0 radical (unpaired) electrons. The lowest BCUT2D eigenvalue weighted by molar-refractivity contribution is 0.0186. The van der Waals surface area contributed by atoms with E-state index in [4.69, 9.17) is 16.3 Å². The number of benzene rings is 2. The number of anilines is 1. The van der Waals surface area contributed by atoms with Gasteiger partial charge in [0.25, 0.3) is 5.91 Å². The summed E-state index contributed by atoms with van der Waals surface area (Å²) in [5, 5.41) is 10.8. The number of aromatic nitrogens is 2. The van der Waals surface area contributed by atoms with Crippen molar-refractivity contribution in [2.24, 2.45) is 0 Å². The van der Waals surface area contributed by atoms with E-state index in [-0.39, 0.29) is 32.1 Å². The van der Waals surface area contributed by atoms with Crippen LogP contribution in [0.5, 0.6) is 0 Å². The number of halogens is 1. The number of β-amino-alcohol motifs (C(OH)–C–C–N with tert-alkyl or cyclic N) is 1. The van der Waals surface area contributed by atoms with Crippen LogP contribution in [-0.2, 0) is 4.74 Å². The average Bonchev–Trinajstić information content (AvgIpc) is 3.07. The Balaban J connectivity index is 1.44. The second-order valence-corrected chi connectivity index (χ2v) is 12.0. The number of aliphatic hydroxyl groups excluding tert-OH is 1. The number of aliphatic hydroxyl groups is 1. The fourth-order valence-corrected chi connectivity index (χ4v) is 5.27. The smallest absolute Gasteiger partial charge is 0.410 e. The van der Waals surface area contributed by atoms with E-state index < -0.39 is 17.8 Å². The summed E-state index contributed by atoms with van der Waals surface area (Å²) in [5.74, 6) is 0.119. The quantitative estimate of drug-likeness (QED) is 0.296. The van der Waals surface area contributed by atoms with Crippen LogP contribution < -0.4 is 4.72 Å². The summed E-state index contributed by atoms with van der Waals surface area (Å²) in [6, 6.07) is 15.0. The van der Waals surface area contributed by atoms with Crippen LogP contribution in [0.15, 0.2) is 53.4 Å². The van der Waals surface area contributed by atoms with E-state index in [1.165, 1.54) is 16.8 Å². The first-order chi connectivity index (χ1) is 18.9. The van der Waals surface area contributed by atoms with Crippen LogP contribution in [0.3, 0.4) is 0 Å². The van der Waals surface area contributed by atoms with E-state index in [9.17, 15) is 14.7 Å². The van der Waals surface area contributed by atoms with Crippen molar-refractivity contribution in [1.82, 2.24) is 19.8 Å². The van der Waals surface area contributed by atoms with Crippen LogP contribution in [0.25, 0.3) is 11.3 Å². The van der Waals surface area contributed by atoms with E-state index >= 15 is 0 Å². The molecule has 4 rings (SSSR count). The molecule has 0 unspecified atom stereocenters. The summed E-state index contributed by atoms with van der Waals surface area (Å²) in [4.78, 5) is 38.6. The molecule has 212 valence electrons. The number of hydrogen-bond acceptors (Lipinski definition) is 8. The monoisotopic (exact) mass is 583 g/mol. The second-order valence-electron chi connectivity index (χ2n) is 10.7. The fourth-order valence-electron chi connectivity index (χ4n) is 4.46. The Labute approximate surface area is 244 Å². The maximum Gasteiger partial charge on any atom is 0.410 e. The minimum atomic E-state index is -0.885. The molecule has 3 aromatic rings. The van der Waals surface area contributed by atoms with Gasteiger partial charge in [0.15, 0.2) is 0 Å². The van der Waals surface area contributed by atoms with Crippen LogP contribution in [0.1, 0.15) is 42.3 Å². The number of nitrogens with zero attached hydrogens (tertiary/aromatic N) is 4. The molecule has 2 heterocycles. The third kappa shape index (κ3) is 7.65.